The Morgan fingerprint density at radius 3 is 2.52 bits per heavy atom. The summed E-state index contributed by atoms with van der Waals surface area (Å²) in [5.41, 5.74) is 1.70. The number of aromatic nitrogens is 1. The molecule has 0 saturated carbocycles. The van der Waals surface area contributed by atoms with Gasteiger partial charge in [-0.15, -0.1) is 11.8 Å². The van der Waals surface area contributed by atoms with Crippen LogP contribution in [0.2, 0.25) is 0 Å². The fraction of sp³-hybridized carbons (Fsp3) is 0.333. The number of likely N-dealkylation sites (N-methyl/N-ethyl adjacent to an activating group) is 1. The fourth-order valence-electron chi connectivity index (χ4n) is 3.10. The lowest BCUT2D eigenvalue weighted by molar-refractivity contribution is -0.894. The summed E-state index contributed by atoms with van der Waals surface area (Å²) in [6, 6.07) is 15.9. The van der Waals surface area contributed by atoms with E-state index in [0.29, 0.717) is 6.54 Å². The van der Waals surface area contributed by atoms with Gasteiger partial charge in [0, 0.05) is 4.90 Å². The number of carbonyl (C=O) groups is 1. The first-order valence-electron chi connectivity index (χ1n) is 9.31. The van der Waals surface area contributed by atoms with Gasteiger partial charge in [0.1, 0.15) is 0 Å². The smallest absolute Gasteiger partial charge is 0.261 e. The van der Waals surface area contributed by atoms with Crippen LogP contribution in [0.4, 0.5) is 5.13 Å². The SMILES string of the molecule is CC[NH+](CC)CCN(C(=O)c1ccccc1SC)c1nc2ccccc2s1. The van der Waals surface area contributed by atoms with Crippen LogP contribution in [0.5, 0.6) is 0 Å². The summed E-state index contributed by atoms with van der Waals surface area (Å²) < 4.78 is 1.11. The van der Waals surface area contributed by atoms with E-state index < -0.39 is 0 Å². The van der Waals surface area contributed by atoms with Crippen LogP contribution in [0.1, 0.15) is 24.2 Å². The lowest BCUT2D eigenvalue weighted by Crippen LogP contribution is -3.12. The van der Waals surface area contributed by atoms with Crippen LogP contribution in [0.3, 0.4) is 0 Å². The van der Waals surface area contributed by atoms with Crippen LogP contribution in [0.25, 0.3) is 10.2 Å². The molecule has 6 heteroatoms. The predicted molar refractivity (Wildman–Crippen MR) is 116 cm³/mol. The fourth-order valence-corrected chi connectivity index (χ4v) is 4.68. The van der Waals surface area contributed by atoms with E-state index in [4.69, 9.17) is 4.98 Å². The monoisotopic (exact) mass is 400 g/mol. The standard InChI is InChI=1S/C21H25N3OS2/c1-4-23(5-2)14-15-24(20(25)16-10-6-8-12-18(16)26-3)21-22-17-11-7-9-13-19(17)27-21/h6-13H,4-5,14-15H2,1-3H3/p+1. The van der Waals surface area contributed by atoms with Gasteiger partial charge in [-0.2, -0.15) is 0 Å². The maximum atomic E-state index is 13.5. The van der Waals surface area contributed by atoms with E-state index in [1.165, 1.54) is 4.90 Å². The highest BCUT2D eigenvalue weighted by Gasteiger charge is 2.24. The minimum Gasteiger partial charge on any atom is -0.334 e. The van der Waals surface area contributed by atoms with Gasteiger partial charge in [-0.05, 0) is 44.4 Å². The number of anilines is 1. The first-order chi connectivity index (χ1) is 13.2. The molecule has 142 valence electrons. The Morgan fingerprint density at radius 2 is 1.81 bits per heavy atom. The van der Waals surface area contributed by atoms with E-state index >= 15 is 0 Å². The van der Waals surface area contributed by atoms with Gasteiger partial charge in [0.05, 0.1) is 42.0 Å². The number of hydrogen-bond acceptors (Lipinski definition) is 4. The molecule has 2 aromatic carbocycles. The zero-order valence-corrected chi connectivity index (χ0v) is 17.7. The Hall–Kier alpha value is -1.89. The average Bonchev–Trinajstić information content (AvgIpc) is 3.14. The molecule has 27 heavy (non-hydrogen) atoms. The molecule has 1 N–H and O–H groups in total. The minimum absolute atomic E-state index is 0.0329. The molecule has 3 rings (SSSR count). The molecule has 0 aliphatic carbocycles. The highest BCUT2D eigenvalue weighted by atomic mass is 32.2. The van der Waals surface area contributed by atoms with Crippen molar-refractivity contribution in [1.29, 1.82) is 0 Å². The van der Waals surface area contributed by atoms with Crippen LogP contribution in [0.15, 0.2) is 53.4 Å². The molecule has 0 fully saturated rings. The number of benzene rings is 2. The number of nitrogens with zero attached hydrogens (tertiary/aromatic N) is 2. The number of fused-ring (bicyclic) bond motifs is 1. The van der Waals surface area contributed by atoms with Crippen LogP contribution < -0.4 is 9.80 Å². The van der Waals surface area contributed by atoms with Crippen molar-refractivity contribution in [1.82, 2.24) is 4.98 Å². The van der Waals surface area contributed by atoms with Gasteiger partial charge in [-0.25, -0.2) is 4.98 Å². The second kappa shape index (κ2) is 9.35. The zero-order chi connectivity index (χ0) is 19.2. The van der Waals surface area contributed by atoms with Gasteiger partial charge >= 0.3 is 0 Å². The lowest BCUT2D eigenvalue weighted by Gasteiger charge is -2.23. The highest BCUT2D eigenvalue weighted by molar-refractivity contribution is 7.98. The summed E-state index contributed by atoms with van der Waals surface area (Å²) in [7, 11) is 0. The molecule has 0 spiro atoms. The van der Waals surface area contributed by atoms with E-state index in [1.54, 1.807) is 23.1 Å². The number of hydrogen-bond donors (Lipinski definition) is 1. The van der Waals surface area contributed by atoms with Gasteiger partial charge in [-0.3, -0.25) is 9.69 Å². The second-order valence-corrected chi connectivity index (χ2v) is 8.19. The van der Waals surface area contributed by atoms with E-state index in [0.717, 1.165) is 45.4 Å². The summed E-state index contributed by atoms with van der Waals surface area (Å²) in [6.07, 6.45) is 2.01. The number of nitrogens with one attached hydrogen (secondary N) is 1. The number of rotatable bonds is 8. The summed E-state index contributed by atoms with van der Waals surface area (Å²) in [6.45, 7) is 8.06. The lowest BCUT2D eigenvalue weighted by atomic mass is 10.2. The van der Waals surface area contributed by atoms with E-state index in [2.05, 4.69) is 19.9 Å². The maximum absolute atomic E-state index is 13.5. The Bertz CT molecular complexity index is 872. The summed E-state index contributed by atoms with van der Waals surface area (Å²) in [5.74, 6) is 0.0329. The third kappa shape index (κ3) is 4.51. The van der Waals surface area contributed by atoms with E-state index in [1.807, 2.05) is 53.6 Å². The molecule has 1 aromatic heterocycles. The Balaban J connectivity index is 1.97. The Morgan fingerprint density at radius 1 is 1.11 bits per heavy atom. The van der Waals surface area contributed by atoms with Crippen molar-refractivity contribution in [3.05, 3.63) is 54.1 Å². The molecular formula is C21H26N3OS2+. The second-order valence-electron chi connectivity index (χ2n) is 6.33. The van der Waals surface area contributed by atoms with Crippen molar-refractivity contribution in [3.8, 4) is 0 Å². The van der Waals surface area contributed by atoms with Crippen molar-refractivity contribution >= 4 is 44.4 Å². The number of para-hydroxylation sites is 1. The molecular weight excluding hydrogens is 374 g/mol. The molecule has 3 aromatic rings. The number of quaternary nitrogens is 1. The summed E-state index contributed by atoms with van der Waals surface area (Å²) in [5, 5.41) is 0.781. The Kier molecular flexibility index (Phi) is 6.88. The van der Waals surface area contributed by atoms with Crippen molar-refractivity contribution < 1.29 is 9.69 Å². The molecule has 1 amide bonds. The van der Waals surface area contributed by atoms with Gasteiger partial charge < -0.3 is 4.90 Å². The summed E-state index contributed by atoms with van der Waals surface area (Å²) >= 11 is 3.19. The maximum Gasteiger partial charge on any atom is 0.261 e. The van der Waals surface area contributed by atoms with Crippen LogP contribution in [-0.2, 0) is 0 Å². The molecule has 0 saturated heterocycles. The van der Waals surface area contributed by atoms with Crippen molar-refractivity contribution in [3.63, 3.8) is 0 Å². The molecule has 0 bridgehead atoms. The third-order valence-electron chi connectivity index (χ3n) is 4.78. The summed E-state index contributed by atoms with van der Waals surface area (Å²) in [4.78, 5) is 22.6. The third-order valence-corrected chi connectivity index (χ3v) is 6.64. The molecule has 0 aliphatic heterocycles. The zero-order valence-electron chi connectivity index (χ0n) is 16.1. The molecule has 0 radical (unpaired) electrons. The number of thioether (sulfide) groups is 1. The van der Waals surface area contributed by atoms with E-state index in [-0.39, 0.29) is 5.91 Å². The highest BCUT2D eigenvalue weighted by Crippen LogP contribution is 2.30. The van der Waals surface area contributed by atoms with Crippen molar-refractivity contribution in [2.75, 3.05) is 37.3 Å². The molecule has 4 nitrogen and oxygen atoms in total. The molecule has 0 aliphatic rings. The van der Waals surface area contributed by atoms with Crippen LogP contribution in [0, 0.1) is 0 Å². The number of carbonyl (C=O) groups excluding carboxylic acids is 1. The van der Waals surface area contributed by atoms with Gasteiger partial charge in [0.15, 0.2) is 5.13 Å². The molecule has 0 atom stereocenters. The molecule has 1 heterocycles. The first kappa shape index (κ1) is 19.9. The van der Waals surface area contributed by atoms with Crippen molar-refractivity contribution in [2.24, 2.45) is 0 Å². The van der Waals surface area contributed by atoms with Crippen molar-refractivity contribution in [2.45, 2.75) is 18.7 Å². The van der Waals surface area contributed by atoms with Gasteiger partial charge in [-0.1, -0.05) is 35.6 Å². The topological polar surface area (TPSA) is 37.6 Å². The van der Waals surface area contributed by atoms with Crippen LogP contribution in [-0.4, -0.2) is 43.3 Å². The quantitative estimate of drug-likeness (QED) is 0.587. The number of amides is 1. The largest absolute Gasteiger partial charge is 0.334 e. The average molecular weight is 401 g/mol. The minimum atomic E-state index is 0.0329. The molecule has 0 unspecified atom stereocenters. The van der Waals surface area contributed by atoms with Gasteiger partial charge in [0.25, 0.3) is 5.91 Å². The number of thiazole rings is 1. The first-order valence-corrected chi connectivity index (χ1v) is 11.4. The van der Waals surface area contributed by atoms with Crippen LogP contribution >= 0.6 is 23.1 Å². The predicted octanol–water partition coefficient (Wildman–Crippen LogP) is 3.59. The Labute approximate surface area is 169 Å². The van der Waals surface area contributed by atoms with Gasteiger partial charge in [0.2, 0.25) is 0 Å². The normalized spacial score (nSPS) is 11.3. The van der Waals surface area contributed by atoms with E-state index in [9.17, 15) is 4.79 Å².